The SMILES string of the molecule is CC(C)(C)OC(=O)NCCN1CCC(N(CC(=O)O)C(=O)OC(C)(C)C)CC1. The lowest BCUT2D eigenvalue weighted by molar-refractivity contribution is -0.139. The maximum absolute atomic E-state index is 12.4. The number of carbonyl (C=O) groups is 3. The fourth-order valence-electron chi connectivity index (χ4n) is 2.89. The number of carboxylic acid groups (broad SMARTS) is 1. The van der Waals surface area contributed by atoms with Gasteiger partial charge in [-0.1, -0.05) is 0 Å². The van der Waals surface area contributed by atoms with E-state index in [0.717, 1.165) is 0 Å². The van der Waals surface area contributed by atoms with Crippen LogP contribution in [0.4, 0.5) is 9.59 Å². The average molecular weight is 402 g/mol. The number of hydrogen-bond donors (Lipinski definition) is 2. The van der Waals surface area contributed by atoms with E-state index in [4.69, 9.17) is 14.6 Å². The van der Waals surface area contributed by atoms with Crippen LogP contribution in [0, 0.1) is 0 Å². The molecule has 1 heterocycles. The molecule has 0 bridgehead atoms. The van der Waals surface area contributed by atoms with Crippen molar-refractivity contribution in [2.45, 2.75) is 71.6 Å². The Bertz CT molecular complexity index is 545. The normalized spacial score (nSPS) is 16.4. The van der Waals surface area contributed by atoms with Gasteiger partial charge in [-0.05, 0) is 54.4 Å². The molecule has 0 unspecified atom stereocenters. The highest BCUT2D eigenvalue weighted by atomic mass is 16.6. The van der Waals surface area contributed by atoms with Crippen LogP contribution in [0.5, 0.6) is 0 Å². The number of nitrogens with one attached hydrogen (secondary N) is 1. The summed E-state index contributed by atoms with van der Waals surface area (Å²) in [5, 5.41) is 11.9. The monoisotopic (exact) mass is 401 g/mol. The van der Waals surface area contributed by atoms with Crippen molar-refractivity contribution in [1.82, 2.24) is 15.1 Å². The van der Waals surface area contributed by atoms with Crippen molar-refractivity contribution in [1.29, 1.82) is 0 Å². The third kappa shape index (κ3) is 9.77. The number of alkyl carbamates (subject to hydrolysis) is 1. The zero-order chi connectivity index (χ0) is 21.5. The second kappa shape index (κ2) is 9.95. The zero-order valence-electron chi connectivity index (χ0n) is 17.9. The second-order valence-electron chi connectivity index (χ2n) is 9.00. The van der Waals surface area contributed by atoms with Gasteiger partial charge in [0.15, 0.2) is 0 Å². The summed E-state index contributed by atoms with van der Waals surface area (Å²) in [5.74, 6) is -1.06. The number of carboxylic acids is 1. The molecule has 0 radical (unpaired) electrons. The van der Waals surface area contributed by atoms with Gasteiger partial charge in [0.2, 0.25) is 0 Å². The lowest BCUT2D eigenvalue weighted by atomic mass is 10.0. The van der Waals surface area contributed by atoms with Gasteiger partial charge in [0, 0.05) is 32.2 Å². The van der Waals surface area contributed by atoms with E-state index in [9.17, 15) is 14.4 Å². The minimum Gasteiger partial charge on any atom is -0.480 e. The van der Waals surface area contributed by atoms with E-state index in [1.165, 1.54) is 4.90 Å². The molecule has 1 saturated heterocycles. The minimum absolute atomic E-state index is 0.180. The van der Waals surface area contributed by atoms with Crippen molar-refractivity contribution >= 4 is 18.2 Å². The molecule has 0 atom stereocenters. The number of aliphatic carboxylic acids is 1. The number of nitrogens with zero attached hydrogens (tertiary/aromatic N) is 2. The summed E-state index contributed by atoms with van der Waals surface area (Å²) in [4.78, 5) is 38.7. The summed E-state index contributed by atoms with van der Waals surface area (Å²) in [6.07, 6.45) is 0.262. The average Bonchev–Trinajstić information content (AvgIpc) is 2.49. The molecular weight excluding hydrogens is 366 g/mol. The van der Waals surface area contributed by atoms with Crippen LogP contribution in [0.15, 0.2) is 0 Å². The second-order valence-corrected chi connectivity index (χ2v) is 9.00. The standard InChI is InChI=1S/C19H35N3O6/c1-18(2,3)27-16(25)20-9-12-21-10-7-14(8-11-21)22(13-15(23)24)17(26)28-19(4,5)6/h14H,7-13H2,1-6H3,(H,20,25)(H,23,24). The molecule has 0 aromatic rings. The first kappa shape index (κ1) is 24.0. The van der Waals surface area contributed by atoms with Gasteiger partial charge in [-0.25, -0.2) is 9.59 Å². The molecule has 2 N–H and O–H groups in total. The Morgan fingerprint density at radius 1 is 1.04 bits per heavy atom. The highest BCUT2D eigenvalue weighted by Crippen LogP contribution is 2.19. The van der Waals surface area contributed by atoms with Crippen molar-refractivity contribution in [3.63, 3.8) is 0 Å². The van der Waals surface area contributed by atoms with E-state index in [-0.39, 0.29) is 12.6 Å². The fourth-order valence-corrected chi connectivity index (χ4v) is 2.89. The van der Waals surface area contributed by atoms with Gasteiger partial charge >= 0.3 is 18.2 Å². The predicted molar refractivity (Wildman–Crippen MR) is 104 cm³/mol. The van der Waals surface area contributed by atoms with Gasteiger partial charge in [0.1, 0.15) is 17.7 Å². The van der Waals surface area contributed by atoms with Gasteiger partial charge in [-0.15, -0.1) is 0 Å². The largest absolute Gasteiger partial charge is 0.480 e. The Balaban J connectivity index is 2.47. The summed E-state index contributed by atoms with van der Waals surface area (Å²) in [5.41, 5.74) is -1.21. The number of ether oxygens (including phenoxy) is 2. The molecule has 0 aromatic heterocycles. The van der Waals surface area contributed by atoms with Gasteiger partial charge < -0.3 is 24.8 Å². The van der Waals surface area contributed by atoms with Crippen LogP contribution in [-0.4, -0.2) is 83.0 Å². The van der Waals surface area contributed by atoms with Crippen LogP contribution in [0.3, 0.4) is 0 Å². The molecule has 1 fully saturated rings. The number of rotatable bonds is 6. The molecule has 9 nitrogen and oxygen atoms in total. The molecule has 1 rings (SSSR count). The van der Waals surface area contributed by atoms with E-state index < -0.39 is 29.4 Å². The van der Waals surface area contributed by atoms with E-state index in [1.54, 1.807) is 20.8 Å². The third-order valence-corrected chi connectivity index (χ3v) is 4.03. The molecule has 0 aliphatic carbocycles. The number of amides is 2. The number of piperidine rings is 1. The highest BCUT2D eigenvalue weighted by molar-refractivity contribution is 5.77. The van der Waals surface area contributed by atoms with Crippen molar-refractivity contribution in [3.05, 3.63) is 0 Å². The molecular formula is C19H35N3O6. The van der Waals surface area contributed by atoms with Gasteiger partial charge in [-0.3, -0.25) is 9.69 Å². The topological polar surface area (TPSA) is 108 Å². The molecule has 0 spiro atoms. The highest BCUT2D eigenvalue weighted by Gasteiger charge is 2.32. The summed E-state index contributed by atoms with van der Waals surface area (Å²) >= 11 is 0. The van der Waals surface area contributed by atoms with Gasteiger partial charge in [0.05, 0.1) is 0 Å². The van der Waals surface area contributed by atoms with Crippen LogP contribution in [0.25, 0.3) is 0 Å². The van der Waals surface area contributed by atoms with Crippen LogP contribution in [-0.2, 0) is 14.3 Å². The Labute approximate surface area is 167 Å². The summed E-state index contributed by atoms with van der Waals surface area (Å²) in [7, 11) is 0. The number of likely N-dealkylation sites (tertiary alicyclic amines) is 1. The Hall–Kier alpha value is -2.03. The first-order chi connectivity index (χ1) is 12.8. The summed E-state index contributed by atoms with van der Waals surface area (Å²) in [6, 6.07) is -0.180. The smallest absolute Gasteiger partial charge is 0.411 e. The fraction of sp³-hybridized carbons (Fsp3) is 0.842. The van der Waals surface area contributed by atoms with Gasteiger partial charge in [0.25, 0.3) is 0 Å². The molecule has 9 heteroatoms. The summed E-state index contributed by atoms with van der Waals surface area (Å²) < 4.78 is 10.6. The van der Waals surface area contributed by atoms with Crippen LogP contribution in [0.1, 0.15) is 54.4 Å². The lowest BCUT2D eigenvalue weighted by Gasteiger charge is -2.38. The lowest BCUT2D eigenvalue weighted by Crippen LogP contribution is -2.51. The van der Waals surface area contributed by atoms with Crippen LogP contribution in [0.2, 0.25) is 0 Å². The maximum Gasteiger partial charge on any atom is 0.411 e. The number of carbonyl (C=O) groups excluding carboxylic acids is 2. The quantitative estimate of drug-likeness (QED) is 0.703. The van der Waals surface area contributed by atoms with Crippen molar-refractivity contribution in [2.75, 3.05) is 32.7 Å². The summed E-state index contributed by atoms with van der Waals surface area (Å²) in [6.45, 7) is 12.9. The van der Waals surface area contributed by atoms with E-state index in [0.29, 0.717) is 39.0 Å². The Morgan fingerprint density at radius 2 is 1.57 bits per heavy atom. The molecule has 28 heavy (non-hydrogen) atoms. The molecule has 162 valence electrons. The molecule has 0 saturated carbocycles. The molecule has 2 amide bonds. The van der Waals surface area contributed by atoms with E-state index in [2.05, 4.69) is 10.2 Å². The third-order valence-electron chi connectivity index (χ3n) is 4.03. The van der Waals surface area contributed by atoms with Crippen LogP contribution < -0.4 is 5.32 Å². The van der Waals surface area contributed by atoms with Gasteiger partial charge in [-0.2, -0.15) is 0 Å². The first-order valence-electron chi connectivity index (χ1n) is 9.67. The molecule has 0 aromatic carbocycles. The predicted octanol–water partition coefficient (Wildman–Crippen LogP) is 2.30. The van der Waals surface area contributed by atoms with E-state index >= 15 is 0 Å². The Morgan fingerprint density at radius 3 is 2.04 bits per heavy atom. The maximum atomic E-state index is 12.4. The molecule has 1 aliphatic heterocycles. The molecule has 1 aliphatic rings. The Kier molecular flexibility index (Phi) is 8.53. The van der Waals surface area contributed by atoms with Crippen molar-refractivity contribution in [2.24, 2.45) is 0 Å². The van der Waals surface area contributed by atoms with E-state index in [1.807, 2.05) is 20.8 Å². The minimum atomic E-state index is -1.06. The van der Waals surface area contributed by atoms with Crippen molar-refractivity contribution in [3.8, 4) is 0 Å². The first-order valence-corrected chi connectivity index (χ1v) is 9.67. The van der Waals surface area contributed by atoms with Crippen LogP contribution >= 0.6 is 0 Å². The zero-order valence-corrected chi connectivity index (χ0v) is 17.9. The number of hydrogen-bond acceptors (Lipinski definition) is 6. The van der Waals surface area contributed by atoms with Crippen molar-refractivity contribution < 1.29 is 29.0 Å².